The van der Waals surface area contributed by atoms with Gasteiger partial charge in [-0.15, -0.1) is 0 Å². The Balaban J connectivity index is 1.73. The van der Waals surface area contributed by atoms with Crippen molar-refractivity contribution in [3.8, 4) is 0 Å². The maximum absolute atomic E-state index is 11.0. The molecule has 110 valence electrons. The predicted molar refractivity (Wildman–Crippen MR) is 83.9 cm³/mol. The minimum absolute atomic E-state index is 0.178. The molecule has 3 nitrogen and oxygen atoms in total. The number of hydrogen-bond acceptors (Lipinski definition) is 3. The van der Waals surface area contributed by atoms with Gasteiger partial charge < -0.3 is 10.4 Å². The zero-order chi connectivity index (χ0) is 14.7. The van der Waals surface area contributed by atoms with Gasteiger partial charge in [0.05, 0.1) is 0 Å². The Hall–Kier alpha value is -1.71. The predicted octanol–water partition coefficient (Wildman–Crippen LogP) is 2.96. The van der Waals surface area contributed by atoms with Crippen LogP contribution in [0.4, 0.5) is 0 Å². The standard InChI is InChI=1S/C18H22N2O/c1-14(16-8-5-11-19-12-16)20-13-18(21)10-4-7-15-6-2-3-9-17(15)18/h2-3,5-6,8-9,11-12,14,20-21H,4,7,10,13H2,1H3/t14-,18+/m1/s1. The summed E-state index contributed by atoms with van der Waals surface area (Å²) < 4.78 is 0. The molecule has 0 saturated heterocycles. The minimum atomic E-state index is -0.759. The number of hydrogen-bond donors (Lipinski definition) is 2. The van der Waals surface area contributed by atoms with E-state index in [1.54, 1.807) is 6.20 Å². The summed E-state index contributed by atoms with van der Waals surface area (Å²) >= 11 is 0. The highest BCUT2D eigenvalue weighted by Crippen LogP contribution is 2.35. The first-order chi connectivity index (χ1) is 10.2. The highest BCUT2D eigenvalue weighted by Gasteiger charge is 2.34. The molecule has 0 amide bonds. The van der Waals surface area contributed by atoms with Crippen LogP contribution in [0.25, 0.3) is 0 Å². The lowest BCUT2D eigenvalue weighted by molar-refractivity contribution is 0.0170. The van der Waals surface area contributed by atoms with E-state index in [-0.39, 0.29) is 6.04 Å². The van der Waals surface area contributed by atoms with Crippen LogP contribution >= 0.6 is 0 Å². The van der Waals surface area contributed by atoms with Crippen molar-refractivity contribution >= 4 is 0 Å². The number of benzene rings is 1. The van der Waals surface area contributed by atoms with Gasteiger partial charge in [-0.25, -0.2) is 0 Å². The monoisotopic (exact) mass is 282 g/mol. The lowest BCUT2D eigenvalue weighted by atomic mass is 9.79. The number of pyridine rings is 1. The Morgan fingerprint density at radius 2 is 2.14 bits per heavy atom. The second kappa shape index (κ2) is 5.96. The Bertz CT molecular complexity index is 599. The van der Waals surface area contributed by atoms with E-state index in [0.29, 0.717) is 6.54 Å². The fourth-order valence-electron chi connectivity index (χ4n) is 3.15. The van der Waals surface area contributed by atoms with Crippen LogP contribution in [0.15, 0.2) is 48.8 Å². The Labute approximate surface area is 126 Å². The van der Waals surface area contributed by atoms with Gasteiger partial charge >= 0.3 is 0 Å². The van der Waals surface area contributed by atoms with Crippen LogP contribution < -0.4 is 5.32 Å². The Kier molecular flexibility index (Phi) is 4.04. The highest BCUT2D eigenvalue weighted by molar-refractivity contribution is 5.35. The molecule has 3 rings (SSSR count). The second-order valence-electron chi connectivity index (χ2n) is 5.93. The number of nitrogens with one attached hydrogen (secondary N) is 1. The van der Waals surface area contributed by atoms with Gasteiger partial charge in [-0.2, -0.15) is 0 Å². The fourth-order valence-corrected chi connectivity index (χ4v) is 3.15. The SMILES string of the molecule is C[C@@H](NC[C@@]1(O)CCCc2ccccc21)c1cccnc1. The van der Waals surface area contributed by atoms with Gasteiger partial charge in [0, 0.05) is 25.0 Å². The zero-order valence-corrected chi connectivity index (χ0v) is 12.4. The molecule has 0 bridgehead atoms. The van der Waals surface area contributed by atoms with Gasteiger partial charge in [0.15, 0.2) is 0 Å². The summed E-state index contributed by atoms with van der Waals surface area (Å²) in [6, 6.07) is 12.4. The van der Waals surface area contributed by atoms with Gasteiger partial charge in [0.1, 0.15) is 5.60 Å². The molecule has 1 aliphatic carbocycles. The maximum Gasteiger partial charge on any atom is 0.102 e. The lowest BCUT2D eigenvalue weighted by Crippen LogP contribution is -2.41. The van der Waals surface area contributed by atoms with Crippen LogP contribution in [-0.2, 0) is 12.0 Å². The minimum Gasteiger partial charge on any atom is -0.384 e. The molecular weight excluding hydrogens is 260 g/mol. The third kappa shape index (κ3) is 2.99. The zero-order valence-electron chi connectivity index (χ0n) is 12.4. The molecule has 0 aliphatic heterocycles. The molecule has 2 atom stereocenters. The molecule has 0 fully saturated rings. The number of nitrogens with zero attached hydrogens (tertiary/aromatic N) is 1. The smallest absolute Gasteiger partial charge is 0.102 e. The highest BCUT2D eigenvalue weighted by atomic mass is 16.3. The van der Waals surface area contributed by atoms with Crippen molar-refractivity contribution in [1.82, 2.24) is 10.3 Å². The summed E-state index contributed by atoms with van der Waals surface area (Å²) in [5, 5.41) is 14.5. The number of aromatic nitrogens is 1. The van der Waals surface area contributed by atoms with Gasteiger partial charge in [-0.1, -0.05) is 30.3 Å². The lowest BCUT2D eigenvalue weighted by Gasteiger charge is -2.35. The van der Waals surface area contributed by atoms with E-state index in [1.165, 1.54) is 5.56 Å². The van der Waals surface area contributed by atoms with E-state index in [9.17, 15) is 5.11 Å². The van der Waals surface area contributed by atoms with E-state index >= 15 is 0 Å². The van der Waals surface area contributed by atoms with E-state index < -0.39 is 5.60 Å². The topological polar surface area (TPSA) is 45.1 Å². The normalized spacial score (nSPS) is 22.6. The molecule has 21 heavy (non-hydrogen) atoms. The molecule has 3 heteroatoms. The third-order valence-corrected chi connectivity index (χ3v) is 4.44. The average molecular weight is 282 g/mol. The number of aryl methyl sites for hydroxylation is 1. The van der Waals surface area contributed by atoms with Crippen molar-refractivity contribution in [3.05, 3.63) is 65.5 Å². The first-order valence-corrected chi connectivity index (χ1v) is 7.63. The van der Waals surface area contributed by atoms with Crippen molar-refractivity contribution in [2.45, 2.75) is 37.8 Å². The fraction of sp³-hybridized carbons (Fsp3) is 0.389. The number of rotatable bonds is 4. The van der Waals surface area contributed by atoms with Crippen molar-refractivity contribution in [1.29, 1.82) is 0 Å². The molecule has 0 saturated carbocycles. The molecular formula is C18H22N2O. The Morgan fingerprint density at radius 3 is 2.95 bits per heavy atom. The molecule has 0 unspecified atom stereocenters. The summed E-state index contributed by atoms with van der Waals surface area (Å²) in [5.41, 5.74) is 2.75. The summed E-state index contributed by atoms with van der Waals surface area (Å²) in [6.45, 7) is 2.68. The van der Waals surface area contributed by atoms with Gasteiger partial charge in [-0.3, -0.25) is 4.98 Å². The molecule has 0 radical (unpaired) electrons. The average Bonchev–Trinajstić information content (AvgIpc) is 2.54. The maximum atomic E-state index is 11.0. The quantitative estimate of drug-likeness (QED) is 0.906. The third-order valence-electron chi connectivity index (χ3n) is 4.44. The Morgan fingerprint density at radius 1 is 1.29 bits per heavy atom. The van der Waals surface area contributed by atoms with Crippen LogP contribution in [-0.4, -0.2) is 16.6 Å². The number of fused-ring (bicyclic) bond motifs is 1. The molecule has 0 spiro atoms. The van der Waals surface area contributed by atoms with Crippen LogP contribution in [0, 0.1) is 0 Å². The van der Waals surface area contributed by atoms with Gasteiger partial charge in [0.2, 0.25) is 0 Å². The van der Waals surface area contributed by atoms with Crippen LogP contribution in [0.3, 0.4) is 0 Å². The summed E-state index contributed by atoms with van der Waals surface area (Å²) in [7, 11) is 0. The summed E-state index contributed by atoms with van der Waals surface area (Å²) in [6.07, 6.45) is 6.57. The summed E-state index contributed by atoms with van der Waals surface area (Å²) in [5.74, 6) is 0. The first kappa shape index (κ1) is 14.2. The number of aliphatic hydroxyl groups is 1. The second-order valence-corrected chi connectivity index (χ2v) is 5.93. The van der Waals surface area contributed by atoms with E-state index in [4.69, 9.17) is 0 Å². The molecule has 1 heterocycles. The molecule has 2 aromatic rings. The van der Waals surface area contributed by atoms with Crippen LogP contribution in [0.5, 0.6) is 0 Å². The molecule has 2 N–H and O–H groups in total. The van der Waals surface area contributed by atoms with Crippen molar-refractivity contribution < 1.29 is 5.11 Å². The first-order valence-electron chi connectivity index (χ1n) is 7.63. The van der Waals surface area contributed by atoms with Gasteiger partial charge in [0.25, 0.3) is 0 Å². The van der Waals surface area contributed by atoms with Crippen LogP contribution in [0.2, 0.25) is 0 Å². The largest absolute Gasteiger partial charge is 0.384 e. The van der Waals surface area contributed by atoms with Crippen molar-refractivity contribution in [2.24, 2.45) is 0 Å². The van der Waals surface area contributed by atoms with E-state index in [0.717, 1.165) is 30.4 Å². The van der Waals surface area contributed by atoms with Crippen molar-refractivity contribution in [2.75, 3.05) is 6.54 Å². The molecule has 1 aliphatic rings. The van der Waals surface area contributed by atoms with Crippen molar-refractivity contribution in [3.63, 3.8) is 0 Å². The van der Waals surface area contributed by atoms with Gasteiger partial charge in [-0.05, 0) is 48.9 Å². The summed E-state index contributed by atoms with van der Waals surface area (Å²) in [4.78, 5) is 4.15. The van der Waals surface area contributed by atoms with Crippen LogP contribution in [0.1, 0.15) is 42.5 Å². The molecule has 1 aromatic carbocycles. The van der Waals surface area contributed by atoms with E-state index in [2.05, 4.69) is 41.5 Å². The molecule has 1 aromatic heterocycles. The van der Waals surface area contributed by atoms with E-state index in [1.807, 2.05) is 18.3 Å².